The van der Waals surface area contributed by atoms with E-state index in [0.29, 0.717) is 22.7 Å². The van der Waals surface area contributed by atoms with Crippen LogP contribution in [0.3, 0.4) is 0 Å². The van der Waals surface area contributed by atoms with E-state index in [-0.39, 0.29) is 19.6 Å². The molecule has 1 saturated heterocycles. The van der Waals surface area contributed by atoms with Crippen molar-refractivity contribution in [1.82, 2.24) is 24.8 Å². The molecule has 0 saturated carbocycles. The lowest BCUT2D eigenvalue weighted by atomic mass is 10.0. The number of nitrogens with one attached hydrogen (secondary N) is 1. The molecule has 202 valence electrons. The maximum absolute atomic E-state index is 12.9. The molecule has 38 heavy (non-hydrogen) atoms. The highest BCUT2D eigenvalue weighted by Gasteiger charge is 2.46. The highest BCUT2D eigenvalue weighted by Crippen LogP contribution is 2.32. The third-order valence-corrected chi connectivity index (χ3v) is 6.14. The van der Waals surface area contributed by atoms with E-state index >= 15 is 0 Å². The molecule has 15 nitrogen and oxygen atoms in total. The fourth-order valence-electron chi connectivity index (χ4n) is 4.25. The van der Waals surface area contributed by atoms with Crippen LogP contribution in [-0.2, 0) is 16.0 Å². The lowest BCUT2D eigenvalue weighted by molar-refractivity contribution is -0.124. The SMILES string of the molecule is CN(C)c1ncnc2c1ncn2[C@@H]1O[C@H](CO)C(NC(=O)[C@@H](N)Cc2ccc(OCCN=[N+]=[N-])cc2)[C@@H]1O. The van der Waals surface area contributed by atoms with Crippen LogP contribution in [0.1, 0.15) is 11.8 Å². The first-order valence-electron chi connectivity index (χ1n) is 11.9. The summed E-state index contributed by atoms with van der Waals surface area (Å²) >= 11 is 0. The molecular weight excluding hydrogens is 496 g/mol. The molecule has 15 heteroatoms. The monoisotopic (exact) mass is 526 g/mol. The maximum atomic E-state index is 12.9. The van der Waals surface area contributed by atoms with Crippen LogP contribution in [-0.4, -0.2) is 93.8 Å². The molecule has 3 heterocycles. The van der Waals surface area contributed by atoms with Crippen LogP contribution in [0.5, 0.6) is 5.75 Å². The number of hydrogen-bond acceptors (Lipinski definition) is 11. The summed E-state index contributed by atoms with van der Waals surface area (Å²) in [6.45, 7) is 0.0415. The summed E-state index contributed by atoms with van der Waals surface area (Å²) in [6.07, 6.45) is 0.0733. The first-order chi connectivity index (χ1) is 18.3. The minimum absolute atomic E-state index is 0.220. The zero-order valence-electron chi connectivity index (χ0n) is 21.0. The van der Waals surface area contributed by atoms with Crippen molar-refractivity contribution in [3.8, 4) is 5.75 Å². The van der Waals surface area contributed by atoms with Gasteiger partial charge in [0.1, 0.15) is 24.3 Å². The van der Waals surface area contributed by atoms with Crippen molar-refractivity contribution >= 4 is 22.9 Å². The Morgan fingerprint density at radius 2 is 2.11 bits per heavy atom. The molecule has 1 aliphatic rings. The molecule has 1 amide bonds. The molecule has 0 bridgehead atoms. The first-order valence-corrected chi connectivity index (χ1v) is 11.9. The zero-order chi connectivity index (χ0) is 27.2. The van der Waals surface area contributed by atoms with Crippen molar-refractivity contribution < 1.29 is 24.5 Å². The molecule has 4 rings (SSSR count). The summed E-state index contributed by atoms with van der Waals surface area (Å²) in [7, 11) is 3.66. The van der Waals surface area contributed by atoms with Gasteiger partial charge in [-0.25, -0.2) is 15.0 Å². The molecule has 2 aromatic heterocycles. The van der Waals surface area contributed by atoms with Gasteiger partial charge < -0.3 is 35.6 Å². The molecule has 1 aliphatic heterocycles. The van der Waals surface area contributed by atoms with Crippen molar-refractivity contribution in [2.75, 3.05) is 38.8 Å². The lowest BCUT2D eigenvalue weighted by Crippen LogP contribution is -2.53. The minimum Gasteiger partial charge on any atom is -0.493 e. The molecule has 0 radical (unpaired) electrons. The Labute approximate surface area is 217 Å². The van der Waals surface area contributed by atoms with Gasteiger partial charge in [-0.1, -0.05) is 17.2 Å². The van der Waals surface area contributed by atoms with Crippen LogP contribution >= 0.6 is 0 Å². The van der Waals surface area contributed by atoms with Gasteiger partial charge in [-0.05, 0) is 29.6 Å². The van der Waals surface area contributed by atoms with Gasteiger partial charge in [0.2, 0.25) is 5.91 Å². The Hall–Kier alpha value is -4.01. The molecule has 0 aliphatic carbocycles. The van der Waals surface area contributed by atoms with Crippen molar-refractivity contribution in [3.05, 3.63) is 52.9 Å². The van der Waals surface area contributed by atoms with Gasteiger partial charge in [-0.3, -0.25) is 9.36 Å². The van der Waals surface area contributed by atoms with Crippen LogP contribution in [0, 0.1) is 0 Å². The van der Waals surface area contributed by atoms with Crippen molar-refractivity contribution in [2.45, 2.75) is 36.9 Å². The van der Waals surface area contributed by atoms with Crippen LogP contribution in [0.2, 0.25) is 0 Å². The predicted molar refractivity (Wildman–Crippen MR) is 136 cm³/mol. The van der Waals surface area contributed by atoms with Crippen LogP contribution in [0.4, 0.5) is 5.82 Å². The average molecular weight is 527 g/mol. The standard InChI is InChI=1S/C23H30N10O5/c1-32(2)20-18-21(27-11-26-20)33(12-28-18)23-19(35)17(16(10-34)38-23)30-22(36)15(24)9-13-3-5-14(6-4-13)37-8-7-29-31-25/h3-6,11-12,15-17,19,23,34-35H,7-10,24H2,1-2H3,(H,30,36)/t15-,16+,17?,19-,23+/m0/s1. The largest absolute Gasteiger partial charge is 0.493 e. The summed E-state index contributed by atoms with van der Waals surface area (Å²) in [6, 6.07) is 5.20. The van der Waals surface area contributed by atoms with Gasteiger partial charge in [-0.15, -0.1) is 0 Å². The molecule has 5 N–H and O–H groups in total. The molecule has 3 aromatic rings. The first kappa shape index (κ1) is 27.0. The predicted octanol–water partition coefficient (Wildman–Crippen LogP) is -0.113. The summed E-state index contributed by atoms with van der Waals surface area (Å²) in [5.74, 6) is 0.695. The minimum atomic E-state index is -1.21. The number of aromatic nitrogens is 4. The van der Waals surface area contributed by atoms with E-state index in [2.05, 4.69) is 30.3 Å². The Morgan fingerprint density at radius 3 is 2.79 bits per heavy atom. The van der Waals surface area contributed by atoms with E-state index in [1.165, 1.54) is 12.7 Å². The molecule has 1 unspecified atom stereocenters. The second kappa shape index (κ2) is 12.0. The number of aliphatic hydroxyl groups is 2. The molecule has 1 aromatic carbocycles. The highest BCUT2D eigenvalue weighted by atomic mass is 16.5. The quantitative estimate of drug-likeness (QED) is 0.113. The third kappa shape index (κ3) is 5.77. The van der Waals surface area contributed by atoms with E-state index < -0.39 is 43.0 Å². The second-order valence-corrected chi connectivity index (χ2v) is 8.95. The molecule has 5 atom stereocenters. The van der Waals surface area contributed by atoms with Crippen molar-refractivity contribution in [2.24, 2.45) is 10.8 Å². The van der Waals surface area contributed by atoms with E-state index in [1.807, 2.05) is 14.1 Å². The normalized spacial score (nSPS) is 21.6. The average Bonchev–Trinajstić information content (AvgIpc) is 3.48. The Balaban J connectivity index is 1.40. The van der Waals surface area contributed by atoms with Gasteiger partial charge in [0, 0.05) is 19.0 Å². The fourth-order valence-corrected chi connectivity index (χ4v) is 4.25. The number of fused-ring (bicyclic) bond motifs is 1. The van der Waals surface area contributed by atoms with Crippen LogP contribution in [0.15, 0.2) is 42.0 Å². The number of carbonyl (C=O) groups is 1. The lowest BCUT2D eigenvalue weighted by Gasteiger charge is -2.23. The second-order valence-electron chi connectivity index (χ2n) is 8.95. The van der Waals surface area contributed by atoms with Crippen molar-refractivity contribution in [3.63, 3.8) is 0 Å². The topological polar surface area (TPSA) is 210 Å². The Bertz CT molecular complexity index is 1290. The van der Waals surface area contributed by atoms with Gasteiger partial charge >= 0.3 is 0 Å². The number of hydrogen-bond donors (Lipinski definition) is 4. The highest BCUT2D eigenvalue weighted by molar-refractivity contribution is 5.83. The van der Waals surface area contributed by atoms with E-state index in [4.69, 9.17) is 20.7 Å². The zero-order valence-corrected chi connectivity index (χ0v) is 21.0. The van der Waals surface area contributed by atoms with Gasteiger partial charge in [0.05, 0.1) is 38.2 Å². The molecule has 1 fully saturated rings. The van der Waals surface area contributed by atoms with E-state index in [1.54, 1.807) is 33.7 Å². The number of amides is 1. The number of nitrogens with zero attached hydrogens (tertiary/aromatic N) is 8. The summed E-state index contributed by atoms with van der Waals surface area (Å²) < 4.78 is 12.9. The van der Waals surface area contributed by atoms with Gasteiger partial charge in [0.25, 0.3) is 0 Å². The fraction of sp³-hybridized carbons (Fsp3) is 0.478. The summed E-state index contributed by atoms with van der Waals surface area (Å²) in [5, 5.41) is 27.1. The molecular formula is C23H30N10O5. The van der Waals surface area contributed by atoms with Crippen LogP contribution in [0.25, 0.3) is 21.6 Å². The molecule has 0 spiro atoms. The number of aliphatic hydroxyl groups excluding tert-OH is 2. The summed E-state index contributed by atoms with van der Waals surface area (Å²) in [5.41, 5.74) is 16.2. The van der Waals surface area contributed by atoms with E-state index in [0.717, 1.165) is 5.56 Å². The van der Waals surface area contributed by atoms with Gasteiger partial charge in [-0.2, -0.15) is 0 Å². The smallest absolute Gasteiger partial charge is 0.237 e. The number of carbonyl (C=O) groups excluding carboxylic acids is 1. The van der Waals surface area contributed by atoms with Crippen molar-refractivity contribution in [1.29, 1.82) is 0 Å². The Morgan fingerprint density at radius 1 is 1.34 bits per heavy atom. The Kier molecular flexibility index (Phi) is 8.55. The van der Waals surface area contributed by atoms with E-state index in [9.17, 15) is 15.0 Å². The number of azide groups is 1. The maximum Gasteiger partial charge on any atom is 0.237 e. The van der Waals surface area contributed by atoms with Gasteiger partial charge in [0.15, 0.2) is 23.2 Å². The number of benzene rings is 1. The number of anilines is 1. The number of rotatable bonds is 11. The number of imidazole rings is 1. The number of ether oxygens (including phenoxy) is 2. The third-order valence-electron chi connectivity index (χ3n) is 6.14. The van der Waals surface area contributed by atoms with Crippen LogP contribution < -0.4 is 20.7 Å². The summed E-state index contributed by atoms with van der Waals surface area (Å²) in [4.78, 5) is 30.2. The number of nitrogens with two attached hydrogens (primary N) is 1.